The Balaban J connectivity index is 1.56. The number of fused-ring (bicyclic) bond motifs is 1. The summed E-state index contributed by atoms with van der Waals surface area (Å²) in [6.45, 7) is 5.74. The molecule has 0 bridgehead atoms. The van der Waals surface area contributed by atoms with Gasteiger partial charge in [-0.15, -0.1) is 0 Å². The second kappa shape index (κ2) is 6.82. The largest absolute Gasteiger partial charge is 0.338 e. The molecule has 0 radical (unpaired) electrons. The first-order valence-electron chi connectivity index (χ1n) is 9.24. The van der Waals surface area contributed by atoms with Gasteiger partial charge in [-0.25, -0.2) is 18.4 Å². The molecule has 1 saturated heterocycles. The van der Waals surface area contributed by atoms with E-state index in [1.807, 2.05) is 18.7 Å². The van der Waals surface area contributed by atoms with Gasteiger partial charge in [0.2, 0.25) is 21.9 Å². The van der Waals surface area contributed by atoms with Crippen molar-refractivity contribution < 1.29 is 13.2 Å². The van der Waals surface area contributed by atoms with E-state index in [0.29, 0.717) is 44.2 Å². The molecular weight excluding hydrogens is 378 g/mol. The van der Waals surface area contributed by atoms with E-state index in [2.05, 4.69) is 15.3 Å². The van der Waals surface area contributed by atoms with E-state index in [1.165, 1.54) is 4.31 Å². The summed E-state index contributed by atoms with van der Waals surface area (Å²) >= 11 is 0. The van der Waals surface area contributed by atoms with E-state index in [9.17, 15) is 13.2 Å². The van der Waals surface area contributed by atoms with Gasteiger partial charge in [-0.3, -0.25) is 4.79 Å². The van der Waals surface area contributed by atoms with Crippen molar-refractivity contribution in [2.45, 2.75) is 30.6 Å². The lowest BCUT2D eigenvalue weighted by Gasteiger charge is -2.35. The van der Waals surface area contributed by atoms with Gasteiger partial charge in [0.05, 0.1) is 4.90 Å². The molecule has 0 saturated carbocycles. The number of sulfonamides is 1. The van der Waals surface area contributed by atoms with Crippen LogP contribution in [-0.4, -0.2) is 54.8 Å². The third-order valence-corrected chi connectivity index (χ3v) is 7.20. The van der Waals surface area contributed by atoms with E-state index in [-0.39, 0.29) is 10.8 Å². The minimum Gasteiger partial charge on any atom is -0.338 e. The number of hydrogen-bond donors (Lipinski definition) is 1. The third kappa shape index (κ3) is 3.35. The Kier molecular flexibility index (Phi) is 4.59. The topological polar surface area (TPSA) is 95.5 Å². The normalized spacial score (nSPS) is 19.8. The number of carbonyl (C=O) groups is 1. The number of rotatable bonds is 3. The fourth-order valence-electron chi connectivity index (χ4n) is 3.78. The summed E-state index contributed by atoms with van der Waals surface area (Å²) in [5, 5.41) is 2.83. The molecule has 2 aromatic rings. The van der Waals surface area contributed by atoms with Crippen LogP contribution in [0.25, 0.3) is 0 Å². The number of piperazine rings is 1. The minimum atomic E-state index is -3.61. The molecule has 1 N–H and O–H groups in total. The highest BCUT2D eigenvalue weighted by Gasteiger charge is 2.35. The highest BCUT2D eigenvalue weighted by atomic mass is 32.2. The van der Waals surface area contributed by atoms with Crippen LogP contribution >= 0.6 is 0 Å². The van der Waals surface area contributed by atoms with Crippen molar-refractivity contribution >= 4 is 27.6 Å². The van der Waals surface area contributed by atoms with Gasteiger partial charge in [-0.1, -0.05) is 13.8 Å². The molecule has 9 heteroatoms. The summed E-state index contributed by atoms with van der Waals surface area (Å²) in [6, 6.07) is 6.72. The Morgan fingerprint density at radius 1 is 1.07 bits per heavy atom. The Bertz CT molecular complexity index is 999. The zero-order valence-corrected chi connectivity index (χ0v) is 16.7. The van der Waals surface area contributed by atoms with Crippen LogP contribution in [0.2, 0.25) is 0 Å². The molecule has 2 aliphatic heterocycles. The van der Waals surface area contributed by atoms with Crippen LogP contribution in [0.4, 0.5) is 11.6 Å². The molecule has 1 amide bonds. The standard InChI is InChI=1S/C19H23N5O3S/c1-19(2)13-17(25)22-16-5-4-14(12-15(16)19)28(26,27)24-10-8-23(9-11-24)18-20-6-3-7-21-18/h3-7,12H,8-11,13H2,1-2H3,(H,22,25). The maximum atomic E-state index is 13.2. The van der Waals surface area contributed by atoms with Gasteiger partial charge in [0.1, 0.15) is 0 Å². The van der Waals surface area contributed by atoms with Crippen LogP contribution in [0.15, 0.2) is 41.6 Å². The fourth-order valence-corrected chi connectivity index (χ4v) is 5.22. The minimum absolute atomic E-state index is 0.0487. The first-order valence-corrected chi connectivity index (χ1v) is 10.7. The highest BCUT2D eigenvalue weighted by Crippen LogP contribution is 2.38. The second-order valence-corrected chi connectivity index (χ2v) is 9.69. The van der Waals surface area contributed by atoms with Crippen LogP contribution in [0.1, 0.15) is 25.8 Å². The number of nitrogens with zero attached hydrogens (tertiary/aromatic N) is 4. The van der Waals surface area contributed by atoms with Gasteiger partial charge >= 0.3 is 0 Å². The Labute approximate surface area is 164 Å². The molecule has 2 aliphatic rings. The first kappa shape index (κ1) is 18.8. The predicted molar refractivity (Wildman–Crippen MR) is 106 cm³/mol. The summed E-state index contributed by atoms with van der Waals surface area (Å²) < 4.78 is 27.9. The fraction of sp³-hybridized carbons (Fsp3) is 0.421. The van der Waals surface area contributed by atoms with E-state index in [1.54, 1.807) is 36.7 Å². The maximum absolute atomic E-state index is 13.2. The Hall–Kier alpha value is -2.52. The van der Waals surface area contributed by atoms with Crippen molar-refractivity contribution in [1.82, 2.24) is 14.3 Å². The van der Waals surface area contributed by atoms with Gasteiger partial charge in [0.25, 0.3) is 0 Å². The zero-order chi connectivity index (χ0) is 19.9. The molecule has 148 valence electrons. The molecule has 3 heterocycles. The number of aromatic nitrogens is 2. The van der Waals surface area contributed by atoms with Crippen LogP contribution < -0.4 is 10.2 Å². The van der Waals surface area contributed by atoms with Gasteiger partial charge < -0.3 is 10.2 Å². The molecule has 28 heavy (non-hydrogen) atoms. The second-order valence-electron chi connectivity index (χ2n) is 7.76. The van der Waals surface area contributed by atoms with E-state index in [0.717, 1.165) is 5.56 Å². The average Bonchev–Trinajstić information content (AvgIpc) is 2.68. The van der Waals surface area contributed by atoms with Gasteiger partial charge in [0.15, 0.2) is 0 Å². The number of amides is 1. The molecule has 0 spiro atoms. The van der Waals surface area contributed by atoms with E-state index >= 15 is 0 Å². The third-order valence-electron chi connectivity index (χ3n) is 5.31. The Morgan fingerprint density at radius 3 is 2.43 bits per heavy atom. The van der Waals surface area contributed by atoms with Crippen molar-refractivity contribution in [3.8, 4) is 0 Å². The van der Waals surface area contributed by atoms with Gasteiger partial charge in [-0.2, -0.15) is 4.31 Å². The van der Waals surface area contributed by atoms with Gasteiger partial charge in [-0.05, 0) is 29.8 Å². The van der Waals surface area contributed by atoms with E-state index < -0.39 is 15.4 Å². The lowest BCUT2D eigenvalue weighted by molar-refractivity contribution is -0.117. The van der Waals surface area contributed by atoms with Crippen LogP contribution in [0.5, 0.6) is 0 Å². The van der Waals surface area contributed by atoms with Crippen molar-refractivity contribution in [3.63, 3.8) is 0 Å². The monoisotopic (exact) mass is 401 g/mol. The number of hydrogen-bond acceptors (Lipinski definition) is 6. The Morgan fingerprint density at radius 2 is 1.75 bits per heavy atom. The van der Waals surface area contributed by atoms with Crippen LogP contribution in [-0.2, 0) is 20.2 Å². The zero-order valence-electron chi connectivity index (χ0n) is 15.9. The molecule has 0 atom stereocenters. The van der Waals surface area contributed by atoms with E-state index in [4.69, 9.17) is 0 Å². The predicted octanol–water partition coefficient (Wildman–Crippen LogP) is 1.61. The number of benzene rings is 1. The number of anilines is 2. The SMILES string of the molecule is CC1(C)CC(=O)Nc2ccc(S(=O)(=O)N3CCN(c4ncccn4)CC3)cc21. The molecule has 1 fully saturated rings. The molecule has 0 aliphatic carbocycles. The van der Waals surface area contributed by atoms with Crippen LogP contribution in [0.3, 0.4) is 0 Å². The highest BCUT2D eigenvalue weighted by molar-refractivity contribution is 7.89. The molecule has 0 unspecified atom stereocenters. The molecule has 8 nitrogen and oxygen atoms in total. The van der Waals surface area contributed by atoms with Crippen molar-refractivity contribution in [2.24, 2.45) is 0 Å². The summed E-state index contributed by atoms with van der Waals surface area (Å²) in [7, 11) is -3.61. The van der Waals surface area contributed by atoms with Gasteiger partial charge in [0, 0.05) is 56.1 Å². The molecular formula is C19H23N5O3S. The van der Waals surface area contributed by atoms with Crippen LogP contribution in [0, 0.1) is 0 Å². The lowest BCUT2D eigenvalue weighted by Crippen LogP contribution is -2.49. The number of nitrogens with one attached hydrogen (secondary N) is 1. The first-order chi connectivity index (χ1) is 13.3. The molecule has 1 aromatic heterocycles. The van der Waals surface area contributed by atoms with Crippen molar-refractivity contribution in [1.29, 1.82) is 0 Å². The summed E-state index contributed by atoms with van der Waals surface area (Å²) in [6.07, 6.45) is 3.69. The smallest absolute Gasteiger partial charge is 0.243 e. The lowest BCUT2D eigenvalue weighted by atomic mass is 9.78. The summed E-state index contributed by atoms with van der Waals surface area (Å²) in [5.41, 5.74) is 1.13. The van der Waals surface area contributed by atoms with Crippen molar-refractivity contribution in [2.75, 3.05) is 36.4 Å². The summed E-state index contributed by atoms with van der Waals surface area (Å²) in [4.78, 5) is 22.6. The quantitative estimate of drug-likeness (QED) is 0.840. The average molecular weight is 401 g/mol. The molecule has 1 aromatic carbocycles. The van der Waals surface area contributed by atoms with Crippen molar-refractivity contribution in [3.05, 3.63) is 42.2 Å². The number of carbonyl (C=O) groups excluding carboxylic acids is 1. The molecule has 4 rings (SSSR count). The maximum Gasteiger partial charge on any atom is 0.243 e. The summed E-state index contributed by atoms with van der Waals surface area (Å²) in [5.74, 6) is 0.568.